The molecule has 0 radical (unpaired) electrons. The van der Waals surface area contributed by atoms with Gasteiger partial charge >= 0.3 is 5.97 Å². The number of hydrogen-bond donors (Lipinski definition) is 0. The third kappa shape index (κ3) is 3.40. The molecule has 0 fully saturated rings. The van der Waals surface area contributed by atoms with Gasteiger partial charge in [-0.3, -0.25) is 13.8 Å². The molecule has 0 unspecified atom stereocenters. The first-order valence-corrected chi connectivity index (χ1v) is 11.1. The van der Waals surface area contributed by atoms with Crippen molar-refractivity contribution in [2.45, 2.75) is 33.6 Å². The summed E-state index contributed by atoms with van der Waals surface area (Å²) in [5, 5.41) is 0.709. The Morgan fingerprint density at radius 1 is 0.939 bits per heavy atom. The Hall–Kier alpha value is -3.87. The number of rotatable bonds is 5. The molecule has 0 N–H and O–H groups in total. The number of carbonyl (C=O) groups excluding carboxylic acids is 1. The van der Waals surface area contributed by atoms with Gasteiger partial charge in [-0.1, -0.05) is 39.8 Å². The van der Waals surface area contributed by atoms with Gasteiger partial charge in [0.15, 0.2) is 17.0 Å². The van der Waals surface area contributed by atoms with Gasteiger partial charge in [0.1, 0.15) is 17.0 Å². The van der Waals surface area contributed by atoms with E-state index in [2.05, 4.69) is 18.2 Å². The van der Waals surface area contributed by atoms with Crippen LogP contribution in [0.5, 0.6) is 11.5 Å². The number of methoxy groups -OCH3 is 1. The molecule has 5 aromatic rings. The van der Waals surface area contributed by atoms with Crippen molar-refractivity contribution >= 4 is 33.7 Å². The second-order valence-corrected chi connectivity index (χ2v) is 8.72. The Morgan fingerprint density at radius 2 is 1.67 bits per heavy atom. The van der Waals surface area contributed by atoms with Crippen LogP contribution in [0.2, 0.25) is 0 Å². The molecule has 33 heavy (non-hydrogen) atoms. The van der Waals surface area contributed by atoms with Crippen molar-refractivity contribution in [2.24, 2.45) is 5.92 Å². The minimum Gasteiger partial charge on any atom is -0.497 e. The summed E-state index contributed by atoms with van der Waals surface area (Å²) in [5.74, 6) is 1.69. The van der Waals surface area contributed by atoms with Gasteiger partial charge in [-0.15, -0.1) is 0 Å². The molecule has 0 aliphatic carbocycles. The third-order valence-electron chi connectivity index (χ3n) is 5.73. The minimum absolute atomic E-state index is 0.149. The maximum atomic E-state index is 12.6. The number of nitrogens with zero attached hydrogens (tertiary/aromatic N) is 4. The first kappa shape index (κ1) is 21.0. The molecular weight excluding hydrogens is 416 g/mol. The molecule has 0 aliphatic rings. The average Bonchev–Trinajstić information content (AvgIpc) is 3.37. The van der Waals surface area contributed by atoms with Gasteiger partial charge in [0.25, 0.3) is 0 Å². The van der Waals surface area contributed by atoms with E-state index in [9.17, 15) is 4.79 Å². The van der Waals surface area contributed by atoms with E-state index in [1.165, 1.54) is 0 Å². The highest BCUT2D eigenvalue weighted by Gasteiger charge is 2.24. The fourth-order valence-electron chi connectivity index (χ4n) is 4.01. The number of esters is 1. The topological polar surface area (TPSA) is 70.7 Å². The van der Waals surface area contributed by atoms with Crippen LogP contribution in [0.3, 0.4) is 0 Å². The van der Waals surface area contributed by atoms with Crippen molar-refractivity contribution < 1.29 is 14.3 Å². The SMILES string of the molecule is COc1ccc(-n2cc(OC(=O)C(C)C)c3c2nc(C(C)C)n2c4ccccc4nc32)cc1. The third-order valence-corrected chi connectivity index (χ3v) is 5.73. The Kier molecular flexibility index (Phi) is 5.04. The van der Waals surface area contributed by atoms with Gasteiger partial charge in [-0.25, -0.2) is 9.97 Å². The standard InChI is InChI=1S/C26H26N4O3/c1-15(2)23-28-24-22(25-27-19-8-6-7-9-20(19)30(23)25)21(33-26(31)16(3)4)14-29(24)17-10-12-18(32-5)13-11-17/h6-16H,1-5H3. The lowest BCUT2D eigenvalue weighted by Gasteiger charge is -2.12. The van der Waals surface area contributed by atoms with E-state index in [0.717, 1.165) is 33.9 Å². The van der Waals surface area contributed by atoms with E-state index in [1.54, 1.807) is 7.11 Å². The largest absolute Gasteiger partial charge is 0.497 e. The molecule has 0 atom stereocenters. The normalized spacial score (nSPS) is 11.8. The first-order chi connectivity index (χ1) is 15.9. The lowest BCUT2D eigenvalue weighted by atomic mass is 10.2. The number of hydrogen-bond acceptors (Lipinski definition) is 5. The van der Waals surface area contributed by atoms with Crippen LogP contribution in [0.15, 0.2) is 54.7 Å². The maximum absolute atomic E-state index is 12.6. The van der Waals surface area contributed by atoms with E-state index in [0.29, 0.717) is 16.8 Å². The van der Waals surface area contributed by atoms with Crippen molar-refractivity contribution in [1.29, 1.82) is 0 Å². The highest BCUT2D eigenvalue weighted by atomic mass is 16.5. The molecule has 7 nitrogen and oxygen atoms in total. The van der Waals surface area contributed by atoms with Crippen molar-refractivity contribution in [3.05, 3.63) is 60.6 Å². The predicted molar refractivity (Wildman–Crippen MR) is 128 cm³/mol. The van der Waals surface area contributed by atoms with Crippen LogP contribution in [0.1, 0.15) is 39.4 Å². The van der Waals surface area contributed by atoms with Gasteiger partial charge in [0.2, 0.25) is 0 Å². The van der Waals surface area contributed by atoms with E-state index in [4.69, 9.17) is 19.4 Å². The molecular formula is C26H26N4O3. The summed E-state index contributed by atoms with van der Waals surface area (Å²) in [6.45, 7) is 7.87. The Bertz CT molecular complexity index is 1490. The summed E-state index contributed by atoms with van der Waals surface area (Å²) >= 11 is 0. The van der Waals surface area contributed by atoms with E-state index in [1.807, 2.05) is 73.1 Å². The van der Waals surface area contributed by atoms with E-state index < -0.39 is 0 Å². The van der Waals surface area contributed by atoms with Crippen LogP contribution < -0.4 is 9.47 Å². The molecule has 3 heterocycles. The molecule has 5 rings (SSSR count). The molecule has 0 saturated carbocycles. The Morgan fingerprint density at radius 3 is 2.33 bits per heavy atom. The number of aromatic nitrogens is 4. The molecule has 3 aromatic heterocycles. The molecule has 2 aromatic carbocycles. The van der Waals surface area contributed by atoms with Crippen LogP contribution in [0.4, 0.5) is 0 Å². The van der Waals surface area contributed by atoms with Crippen LogP contribution >= 0.6 is 0 Å². The van der Waals surface area contributed by atoms with Crippen molar-refractivity contribution in [3.63, 3.8) is 0 Å². The van der Waals surface area contributed by atoms with Crippen LogP contribution in [-0.4, -0.2) is 32.0 Å². The highest BCUT2D eigenvalue weighted by molar-refractivity contribution is 6.01. The Labute approximate surface area is 191 Å². The molecule has 0 saturated heterocycles. The number of ether oxygens (including phenoxy) is 2. The lowest BCUT2D eigenvalue weighted by Crippen LogP contribution is -2.14. The van der Waals surface area contributed by atoms with Gasteiger partial charge in [0.05, 0.1) is 30.3 Å². The molecule has 0 bridgehead atoms. The summed E-state index contributed by atoms with van der Waals surface area (Å²) in [6, 6.07) is 15.7. The zero-order valence-corrected chi connectivity index (χ0v) is 19.4. The smallest absolute Gasteiger partial charge is 0.313 e. The quantitative estimate of drug-likeness (QED) is 0.335. The predicted octanol–water partition coefficient (Wildman–Crippen LogP) is 5.52. The molecule has 7 heteroatoms. The Balaban J connectivity index is 1.89. The summed E-state index contributed by atoms with van der Waals surface area (Å²) in [5.41, 5.74) is 4.15. The second kappa shape index (κ2) is 7.92. The van der Waals surface area contributed by atoms with Gasteiger partial charge in [-0.05, 0) is 36.4 Å². The fraction of sp³-hybridized carbons (Fsp3) is 0.269. The second-order valence-electron chi connectivity index (χ2n) is 8.72. The fourth-order valence-corrected chi connectivity index (χ4v) is 4.01. The average molecular weight is 443 g/mol. The zero-order chi connectivity index (χ0) is 23.3. The number of fused-ring (bicyclic) bond motifs is 5. The summed E-state index contributed by atoms with van der Waals surface area (Å²) < 4.78 is 15.2. The van der Waals surface area contributed by atoms with Crippen molar-refractivity contribution in [1.82, 2.24) is 18.9 Å². The molecule has 0 aliphatic heterocycles. The van der Waals surface area contributed by atoms with Crippen LogP contribution in [0, 0.1) is 5.92 Å². The number of benzene rings is 2. The van der Waals surface area contributed by atoms with E-state index >= 15 is 0 Å². The van der Waals surface area contributed by atoms with Gasteiger partial charge in [-0.2, -0.15) is 0 Å². The monoisotopic (exact) mass is 442 g/mol. The van der Waals surface area contributed by atoms with Crippen molar-refractivity contribution in [2.75, 3.05) is 7.11 Å². The summed E-state index contributed by atoms with van der Waals surface area (Å²) in [4.78, 5) is 22.6. The summed E-state index contributed by atoms with van der Waals surface area (Å²) in [7, 11) is 1.64. The van der Waals surface area contributed by atoms with Crippen LogP contribution in [-0.2, 0) is 4.79 Å². The number of carbonyl (C=O) groups is 1. The van der Waals surface area contributed by atoms with Gasteiger partial charge < -0.3 is 9.47 Å². The number of imidazole rings is 1. The minimum atomic E-state index is -0.300. The lowest BCUT2D eigenvalue weighted by molar-refractivity contribution is -0.137. The molecule has 168 valence electrons. The summed E-state index contributed by atoms with van der Waals surface area (Å²) in [6.07, 6.45) is 1.82. The molecule has 0 amide bonds. The number of para-hydroxylation sites is 2. The van der Waals surface area contributed by atoms with E-state index in [-0.39, 0.29) is 17.8 Å². The molecule has 0 spiro atoms. The zero-order valence-electron chi connectivity index (χ0n) is 19.4. The van der Waals surface area contributed by atoms with Crippen LogP contribution in [0.25, 0.3) is 33.4 Å². The van der Waals surface area contributed by atoms with Gasteiger partial charge in [0, 0.05) is 11.6 Å². The van der Waals surface area contributed by atoms with Crippen molar-refractivity contribution in [3.8, 4) is 17.2 Å². The highest BCUT2D eigenvalue weighted by Crippen LogP contribution is 2.36. The maximum Gasteiger partial charge on any atom is 0.313 e. The first-order valence-electron chi connectivity index (χ1n) is 11.1.